The largest absolute Gasteiger partial charge is 0.453 e. The lowest BCUT2D eigenvalue weighted by molar-refractivity contribution is 0.439. The molecule has 1 N–H and O–H groups in total. The van der Waals surface area contributed by atoms with E-state index in [1.807, 2.05) is 30.3 Å². The van der Waals surface area contributed by atoms with Crippen LogP contribution in [0, 0.1) is 12.7 Å². The number of halogens is 2. The van der Waals surface area contributed by atoms with Crippen LogP contribution in [-0.4, -0.2) is 34.9 Å². The van der Waals surface area contributed by atoms with Crippen LogP contribution in [0.25, 0.3) is 0 Å². The van der Waals surface area contributed by atoms with Gasteiger partial charge in [-0.3, -0.25) is 9.98 Å². The third-order valence-electron chi connectivity index (χ3n) is 3.95. The highest BCUT2D eigenvalue weighted by Gasteiger charge is 2.10. The first-order valence-electron chi connectivity index (χ1n) is 8.74. The summed E-state index contributed by atoms with van der Waals surface area (Å²) in [7, 11) is 3.66. The van der Waals surface area contributed by atoms with Crippen LogP contribution < -0.4 is 10.1 Å². The highest BCUT2D eigenvalue weighted by molar-refractivity contribution is 14.0. The molecule has 1 aromatic carbocycles. The van der Waals surface area contributed by atoms with E-state index in [-0.39, 0.29) is 29.7 Å². The van der Waals surface area contributed by atoms with Crippen molar-refractivity contribution >= 4 is 41.3 Å². The zero-order valence-electron chi connectivity index (χ0n) is 16.4. The van der Waals surface area contributed by atoms with Gasteiger partial charge in [-0.1, -0.05) is 6.07 Å². The van der Waals surface area contributed by atoms with Crippen LogP contribution >= 0.6 is 35.3 Å². The summed E-state index contributed by atoms with van der Waals surface area (Å²) in [4.78, 5) is 14.7. The third kappa shape index (κ3) is 6.64. The highest BCUT2D eigenvalue weighted by Crippen LogP contribution is 2.24. The Labute approximate surface area is 190 Å². The molecule has 0 aliphatic heterocycles. The van der Waals surface area contributed by atoms with Crippen molar-refractivity contribution in [2.75, 3.05) is 14.1 Å². The van der Waals surface area contributed by atoms with Gasteiger partial charge in [0.15, 0.2) is 17.5 Å². The molecule has 9 heteroatoms. The van der Waals surface area contributed by atoms with Crippen LogP contribution in [0.2, 0.25) is 0 Å². The van der Waals surface area contributed by atoms with Gasteiger partial charge in [0.05, 0.1) is 23.4 Å². The summed E-state index contributed by atoms with van der Waals surface area (Å²) in [5.41, 5.74) is 1.78. The zero-order valence-corrected chi connectivity index (χ0v) is 19.6. The van der Waals surface area contributed by atoms with Crippen LogP contribution in [0.3, 0.4) is 0 Å². The Balaban J connectivity index is 0.00000300. The first kappa shape index (κ1) is 23.0. The second kappa shape index (κ2) is 11.1. The van der Waals surface area contributed by atoms with E-state index in [0.717, 1.165) is 16.3 Å². The van der Waals surface area contributed by atoms with E-state index in [9.17, 15) is 4.39 Å². The highest BCUT2D eigenvalue weighted by atomic mass is 127. The second-order valence-corrected chi connectivity index (χ2v) is 7.23. The molecule has 0 aliphatic carbocycles. The number of hydrogen-bond acceptors (Lipinski definition) is 5. The molecule has 0 atom stereocenters. The van der Waals surface area contributed by atoms with Crippen molar-refractivity contribution in [1.29, 1.82) is 0 Å². The molecule has 3 rings (SSSR count). The Morgan fingerprint density at radius 2 is 2.17 bits per heavy atom. The molecule has 0 saturated carbocycles. The van der Waals surface area contributed by atoms with Crippen molar-refractivity contribution in [3.8, 4) is 11.5 Å². The van der Waals surface area contributed by atoms with Crippen molar-refractivity contribution in [2.24, 2.45) is 4.99 Å². The van der Waals surface area contributed by atoms with Gasteiger partial charge in [-0.2, -0.15) is 0 Å². The van der Waals surface area contributed by atoms with Crippen molar-refractivity contribution < 1.29 is 9.13 Å². The molecule has 2 heterocycles. The van der Waals surface area contributed by atoms with Crippen LogP contribution in [-0.2, 0) is 13.1 Å². The van der Waals surface area contributed by atoms with E-state index < -0.39 is 5.82 Å². The average Bonchev–Trinajstić information content (AvgIpc) is 3.10. The predicted octanol–water partition coefficient (Wildman–Crippen LogP) is 4.60. The monoisotopic (exact) mass is 527 g/mol. The number of ether oxygens (including phenoxy) is 1. The number of pyridine rings is 1. The number of nitrogens with zero attached hydrogens (tertiary/aromatic N) is 4. The van der Waals surface area contributed by atoms with Crippen LogP contribution in [0.1, 0.15) is 16.3 Å². The van der Waals surface area contributed by atoms with Crippen LogP contribution in [0.4, 0.5) is 4.39 Å². The van der Waals surface area contributed by atoms with Gasteiger partial charge in [-0.15, -0.1) is 35.3 Å². The quantitative estimate of drug-likeness (QED) is 0.289. The minimum Gasteiger partial charge on any atom is -0.453 e. The lowest BCUT2D eigenvalue weighted by Gasteiger charge is -2.21. The van der Waals surface area contributed by atoms with Gasteiger partial charge in [0.2, 0.25) is 0 Å². The lowest BCUT2D eigenvalue weighted by Crippen LogP contribution is -2.38. The smallest absolute Gasteiger partial charge is 0.194 e. The standard InChI is InChI=1S/C20H22FN5OS.HI/c1-14-25-16(13-28-14)12-26(3)20(22-2)24-10-15-6-7-19(18(21)9-15)27-17-5-4-8-23-11-17;/h4-9,11,13H,10,12H2,1-3H3,(H,22,24);1H. The summed E-state index contributed by atoms with van der Waals surface area (Å²) < 4.78 is 19.9. The third-order valence-corrected chi connectivity index (χ3v) is 4.77. The fourth-order valence-electron chi connectivity index (χ4n) is 2.64. The van der Waals surface area contributed by atoms with Crippen LogP contribution in [0.15, 0.2) is 53.1 Å². The number of hydrogen-bond donors (Lipinski definition) is 1. The summed E-state index contributed by atoms with van der Waals surface area (Å²) in [6.45, 7) is 3.07. The molecule has 0 aliphatic rings. The fourth-order valence-corrected chi connectivity index (χ4v) is 3.24. The SMILES string of the molecule is CN=C(NCc1ccc(Oc2cccnc2)c(F)c1)N(C)Cc1csc(C)n1.I. The summed E-state index contributed by atoms with van der Waals surface area (Å²) in [5.74, 6) is 0.940. The Bertz CT molecular complexity index is 951. The number of aryl methyl sites for hydroxylation is 1. The molecule has 0 fully saturated rings. The molecule has 0 bridgehead atoms. The van der Waals surface area contributed by atoms with Gasteiger partial charge in [-0.05, 0) is 36.8 Å². The van der Waals surface area contributed by atoms with E-state index in [1.54, 1.807) is 49.0 Å². The van der Waals surface area contributed by atoms with Crippen LogP contribution in [0.5, 0.6) is 11.5 Å². The number of aliphatic imine (C=N–C) groups is 1. The molecule has 154 valence electrons. The maximum Gasteiger partial charge on any atom is 0.194 e. The van der Waals surface area contributed by atoms with Gasteiger partial charge >= 0.3 is 0 Å². The summed E-state index contributed by atoms with van der Waals surface area (Å²) in [6.07, 6.45) is 3.18. The first-order chi connectivity index (χ1) is 13.5. The number of rotatable bonds is 6. The van der Waals surface area contributed by atoms with E-state index in [4.69, 9.17) is 4.74 Å². The Morgan fingerprint density at radius 3 is 2.79 bits per heavy atom. The maximum absolute atomic E-state index is 14.4. The summed E-state index contributed by atoms with van der Waals surface area (Å²) in [5, 5.41) is 6.32. The summed E-state index contributed by atoms with van der Waals surface area (Å²) >= 11 is 1.62. The van der Waals surface area contributed by atoms with E-state index in [1.165, 1.54) is 6.07 Å². The second-order valence-electron chi connectivity index (χ2n) is 6.17. The minimum atomic E-state index is -0.426. The lowest BCUT2D eigenvalue weighted by atomic mass is 10.2. The molecule has 0 radical (unpaired) electrons. The molecule has 6 nitrogen and oxygen atoms in total. The minimum absolute atomic E-state index is 0. The number of nitrogens with one attached hydrogen (secondary N) is 1. The molecule has 0 spiro atoms. The van der Waals surface area contributed by atoms with E-state index >= 15 is 0 Å². The van der Waals surface area contributed by atoms with E-state index in [2.05, 4.69) is 20.3 Å². The normalized spacial score (nSPS) is 11.0. The number of guanidine groups is 1. The van der Waals surface area contributed by atoms with Gasteiger partial charge in [0, 0.05) is 32.2 Å². The van der Waals surface area contributed by atoms with Crippen molar-refractivity contribution in [3.63, 3.8) is 0 Å². The number of benzene rings is 1. The van der Waals surface area contributed by atoms with Gasteiger partial charge in [0.25, 0.3) is 0 Å². The number of aromatic nitrogens is 2. The molecule has 29 heavy (non-hydrogen) atoms. The molecule has 3 aromatic rings. The van der Waals surface area contributed by atoms with Gasteiger partial charge < -0.3 is 15.0 Å². The zero-order chi connectivity index (χ0) is 19.9. The predicted molar refractivity (Wildman–Crippen MR) is 125 cm³/mol. The Kier molecular flexibility index (Phi) is 8.77. The topological polar surface area (TPSA) is 62.6 Å². The summed E-state index contributed by atoms with van der Waals surface area (Å²) in [6, 6.07) is 8.35. The Hall–Kier alpha value is -2.27. The average molecular weight is 527 g/mol. The molecular formula is C20H23FIN5OS. The molecule has 0 amide bonds. The first-order valence-corrected chi connectivity index (χ1v) is 9.62. The molecule has 0 saturated heterocycles. The molecular weight excluding hydrogens is 504 g/mol. The Morgan fingerprint density at radius 1 is 1.34 bits per heavy atom. The van der Waals surface area contributed by atoms with Crippen molar-refractivity contribution in [2.45, 2.75) is 20.0 Å². The van der Waals surface area contributed by atoms with E-state index in [0.29, 0.717) is 24.8 Å². The number of thiazole rings is 1. The molecule has 2 aromatic heterocycles. The van der Waals surface area contributed by atoms with Gasteiger partial charge in [-0.25, -0.2) is 9.37 Å². The van der Waals surface area contributed by atoms with Crippen molar-refractivity contribution in [3.05, 3.63) is 70.2 Å². The fraction of sp³-hybridized carbons (Fsp3) is 0.250. The maximum atomic E-state index is 14.4. The van der Waals surface area contributed by atoms with Gasteiger partial charge in [0.1, 0.15) is 5.75 Å². The van der Waals surface area contributed by atoms with Crippen molar-refractivity contribution in [1.82, 2.24) is 20.2 Å². The molecule has 0 unspecified atom stereocenters.